The van der Waals surface area contributed by atoms with E-state index < -0.39 is 0 Å². The number of nitrogens with zero attached hydrogens (tertiary/aromatic N) is 3. The summed E-state index contributed by atoms with van der Waals surface area (Å²) in [7, 11) is 3.30. The fraction of sp³-hybridized carbons (Fsp3) is 0.409. The van der Waals surface area contributed by atoms with Gasteiger partial charge in [0.1, 0.15) is 0 Å². The van der Waals surface area contributed by atoms with Crippen molar-refractivity contribution in [3.63, 3.8) is 0 Å². The van der Waals surface area contributed by atoms with Crippen molar-refractivity contribution < 1.29 is 9.47 Å². The lowest BCUT2D eigenvalue weighted by atomic mass is 10.1. The van der Waals surface area contributed by atoms with Crippen molar-refractivity contribution in [3.05, 3.63) is 59.2 Å². The van der Waals surface area contributed by atoms with Gasteiger partial charge in [0, 0.05) is 38.3 Å². The lowest BCUT2D eigenvalue weighted by Crippen LogP contribution is -2.43. The van der Waals surface area contributed by atoms with Gasteiger partial charge in [0.25, 0.3) is 0 Å². The van der Waals surface area contributed by atoms with Crippen LogP contribution in [0.4, 0.5) is 0 Å². The highest BCUT2D eigenvalue weighted by Crippen LogP contribution is 2.27. The first-order valence-electron chi connectivity index (χ1n) is 9.39. The minimum Gasteiger partial charge on any atom is -0.493 e. The lowest BCUT2D eigenvalue weighted by molar-refractivity contribution is 0.130. The molecule has 0 bridgehead atoms. The lowest BCUT2D eigenvalue weighted by Gasteiger charge is -2.33. The van der Waals surface area contributed by atoms with E-state index in [0.29, 0.717) is 0 Å². The molecular formula is C22H29N3O2. The first kappa shape index (κ1) is 19.2. The van der Waals surface area contributed by atoms with E-state index in [1.54, 1.807) is 14.2 Å². The first-order valence-corrected chi connectivity index (χ1v) is 9.39. The SMILES string of the molecule is COc1ccc(/C(C)=N/N2CCN(Cc3ccc(C)cc3)CC2)cc1OC. The minimum absolute atomic E-state index is 0.729. The molecule has 0 saturated carbocycles. The molecule has 27 heavy (non-hydrogen) atoms. The Hall–Kier alpha value is -2.53. The fourth-order valence-corrected chi connectivity index (χ4v) is 3.28. The Morgan fingerprint density at radius 2 is 1.59 bits per heavy atom. The summed E-state index contributed by atoms with van der Waals surface area (Å²) in [6.07, 6.45) is 0. The van der Waals surface area contributed by atoms with Gasteiger partial charge < -0.3 is 9.47 Å². The summed E-state index contributed by atoms with van der Waals surface area (Å²) in [4.78, 5) is 2.49. The smallest absolute Gasteiger partial charge is 0.161 e. The van der Waals surface area contributed by atoms with E-state index >= 15 is 0 Å². The van der Waals surface area contributed by atoms with Crippen LogP contribution in [0.5, 0.6) is 11.5 Å². The second kappa shape index (κ2) is 8.91. The third kappa shape index (κ3) is 5.01. The van der Waals surface area contributed by atoms with Gasteiger partial charge in [0.2, 0.25) is 0 Å². The van der Waals surface area contributed by atoms with Gasteiger partial charge in [0.05, 0.1) is 19.9 Å². The van der Waals surface area contributed by atoms with E-state index in [1.165, 1.54) is 11.1 Å². The molecule has 0 unspecified atom stereocenters. The number of piperazine rings is 1. The Balaban J connectivity index is 1.58. The Morgan fingerprint density at radius 1 is 0.926 bits per heavy atom. The number of hydrogen-bond donors (Lipinski definition) is 0. The van der Waals surface area contributed by atoms with E-state index in [-0.39, 0.29) is 0 Å². The summed E-state index contributed by atoms with van der Waals surface area (Å²) in [6, 6.07) is 14.7. The number of hydrogen-bond acceptors (Lipinski definition) is 5. The molecule has 0 amide bonds. The number of benzene rings is 2. The van der Waals surface area contributed by atoms with E-state index in [2.05, 4.69) is 41.1 Å². The molecule has 3 rings (SSSR count). The van der Waals surface area contributed by atoms with Crippen LogP contribution in [0.3, 0.4) is 0 Å². The van der Waals surface area contributed by atoms with Crippen LogP contribution in [0.15, 0.2) is 47.6 Å². The fourth-order valence-electron chi connectivity index (χ4n) is 3.28. The molecule has 5 heteroatoms. The number of rotatable bonds is 6. The van der Waals surface area contributed by atoms with Crippen molar-refractivity contribution >= 4 is 5.71 Å². The summed E-state index contributed by atoms with van der Waals surface area (Å²) in [5.41, 5.74) is 4.72. The largest absolute Gasteiger partial charge is 0.493 e. The first-order chi connectivity index (χ1) is 13.1. The highest BCUT2D eigenvalue weighted by molar-refractivity contribution is 5.99. The van der Waals surface area contributed by atoms with Crippen LogP contribution in [-0.2, 0) is 6.54 Å². The van der Waals surface area contributed by atoms with Crippen LogP contribution >= 0.6 is 0 Å². The molecule has 1 heterocycles. The molecule has 0 radical (unpaired) electrons. The van der Waals surface area contributed by atoms with Crippen LogP contribution in [0, 0.1) is 6.92 Å². The maximum Gasteiger partial charge on any atom is 0.161 e. The van der Waals surface area contributed by atoms with Crippen LogP contribution < -0.4 is 9.47 Å². The highest BCUT2D eigenvalue weighted by atomic mass is 16.5. The van der Waals surface area contributed by atoms with Gasteiger partial charge in [-0.3, -0.25) is 9.91 Å². The Kier molecular flexibility index (Phi) is 6.35. The summed E-state index contributed by atoms with van der Waals surface area (Å²) in [5, 5.41) is 6.98. The maximum absolute atomic E-state index is 5.39. The quantitative estimate of drug-likeness (QED) is 0.732. The van der Waals surface area contributed by atoms with Crippen LogP contribution in [-0.4, -0.2) is 56.0 Å². The van der Waals surface area contributed by atoms with E-state index in [9.17, 15) is 0 Å². The molecule has 144 valence electrons. The van der Waals surface area contributed by atoms with Gasteiger partial charge in [0.15, 0.2) is 11.5 Å². The average molecular weight is 367 g/mol. The molecule has 2 aromatic carbocycles. The Morgan fingerprint density at radius 3 is 2.22 bits per heavy atom. The van der Waals surface area contributed by atoms with Crippen molar-refractivity contribution in [2.75, 3.05) is 40.4 Å². The maximum atomic E-state index is 5.39. The number of aryl methyl sites for hydroxylation is 1. The van der Waals surface area contributed by atoms with Crippen LogP contribution in [0.1, 0.15) is 23.6 Å². The highest BCUT2D eigenvalue weighted by Gasteiger charge is 2.16. The van der Waals surface area contributed by atoms with Gasteiger partial charge in [-0.2, -0.15) is 5.10 Å². The van der Waals surface area contributed by atoms with E-state index in [4.69, 9.17) is 14.6 Å². The Labute approximate surface area is 162 Å². The summed E-state index contributed by atoms with van der Waals surface area (Å²) in [5.74, 6) is 1.46. The molecule has 0 atom stereocenters. The number of hydrazone groups is 1. The molecule has 1 fully saturated rings. The van der Waals surface area contributed by atoms with Gasteiger partial charge in [-0.1, -0.05) is 29.8 Å². The van der Waals surface area contributed by atoms with Gasteiger partial charge in [-0.05, 0) is 37.6 Å². The Bertz CT molecular complexity index is 779. The number of ether oxygens (including phenoxy) is 2. The zero-order valence-corrected chi connectivity index (χ0v) is 16.7. The third-order valence-electron chi connectivity index (χ3n) is 4.97. The second-order valence-corrected chi connectivity index (χ2v) is 6.97. The summed E-state index contributed by atoms with van der Waals surface area (Å²) in [6.45, 7) is 9.11. The van der Waals surface area contributed by atoms with Crippen molar-refractivity contribution in [1.82, 2.24) is 9.91 Å². The predicted octanol–water partition coefficient (Wildman–Crippen LogP) is 3.55. The standard InChI is InChI=1S/C22H29N3O2/c1-17-5-7-19(8-6-17)16-24-11-13-25(14-12-24)23-18(2)20-9-10-21(26-3)22(15-20)27-4/h5-10,15H,11-14,16H2,1-4H3/b23-18+. The van der Waals surface area contributed by atoms with Crippen molar-refractivity contribution in [2.24, 2.45) is 5.10 Å². The number of methoxy groups -OCH3 is 2. The molecule has 0 spiro atoms. The normalized spacial score (nSPS) is 15.7. The molecule has 1 aliphatic rings. The van der Waals surface area contributed by atoms with Gasteiger partial charge in [-0.15, -0.1) is 0 Å². The predicted molar refractivity (Wildman–Crippen MR) is 110 cm³/mol. The second-order valence-electron chi connectivity index (χ2n) is 6.97. The van der Waals surface area contributed by atoms with Crippen LogP contribution in [0.2, 0.25) is 0 Å². The van der Waals surface area contributed by atoms with E-state index in [0.717, 1.165) is 55.5 Å². The molecule has 2 aromatic rings. The molecule has 1 saturated heterocycles. The van der Waals surface area contributed by atoms with Crippen molar-refractivity contribution in [2.45, 2.75) is 20.4 Å². The van der Waals surface area contributed by atoms with Gasteiger partial charge >= 0.3 is 0 Å². The summed E-state index contributed by atoms with van der Waals surface area (Å²) < 4.78 is 10.7. The van der Waals surface area contributed by atoms with Crippen molar-refractivity contribution in [1.29, 1.82) is 0 Å². The third-order valence-corrected chi connectivity index (χ3v) is 4.97. The average Bonchev–Trinajstić information content (AvgIpc) is 2.70. The van der Waals surface area contributed by atoms with E-state index in [1.807, 2.05) is 25.1 Å². The molecule has 1 aliphatic heterocycles. The summed E-state index contributed by atoms with van der Waals surface area (Å²) >= 11 is 0. The minimum atomic E-state index is 0.729. The topological polar surface area (TPSA) is 37.3 Å². The molecule has 0 N–H and O–H groups in total. The van der Waals surface area contributed by atoms with Gasteiger partial charge in [-0.25, -0.2) is 0 Å². The zero-order valence-electron chi connectivity index (χ0n) is 16.7. The molecule has 5 nitrogen and oxygen atoms in total. The molecular weight excluding hydrogens is 338 g/mol. The van der Waals surface area contributed by atoms with Crippen LogP contribution in [0.25, 0.3) is 0 Å². The zero-order chi connectivity index (χ0) is 19.2. The monoisotopic (exact) mass is 367 g/mol. The molecule has 0 aliphatic carbocycles. The van der Waals surface area contributed by atoms with Crippen molar-refractivity contribution in [3.8, 4) is 11.5 Å². The molecule has 0 aromatic heterocycles.